The highest BCUT2D eigenvalue weighted by Crippen LogP contribution is 2.29. The van der Waals surface area contributed by atoms with Crippen molar-refractivity contribution in [3.05, 3.63) is 40.5 Å². The first-order chi connectivity index (χ1) is 10.1. The fourth-order valence-corrected chi connectivity index (χ4v) is 2.35. The zero-order valence-electron chi connectivity index (χ0n) is 12.4. The van der Waals surface area contributed by atoms with Crippen molar-refractivity contribution in [2.45, 2.75) is 13.8 Å². The van der Waals surface area contributed by atoms with Crippen molar-refractivity contribution in [3.8, 4) is 0 Å². The van der Waals surface area contributed by atoms with Gasteiger partial charge in [-0.3, -0.25) is 0 Å². The van der Waals surface area contributed by atoms with Crippen LogP contribution in [-0.4, -0.2) is 30.2 Å². The fraction of sp³-hybridized carbons (Fsp3) is 0.333. The topological polar surface area (TPSA) is 59.1 Å². The number of hydrogen-bond donors (Lipinski definition) is 2. The predicted molar refractivity (Wildman–Crippen MR) is 86.6 cm³/mol. The molecule has 0 fully saturated rings. The van der Waals surface area contributed by atoms with Gasteiger partial charge in [0.1, 0.15) is 5.82 Å². The lowest BCUT2D eigenvalue weighted by atomic mass is 10.1. The van der Waals surface area contributed by atoms with Gasteiger partial charge in [0, 0.05) is 19.9 Å². The van der Waals surface area contributed by atoms with Crippen LogP contribution in [0.5, 0.6) is 0 Å². The van der Waals surface area contributed by atoms with Gasteiger partial charge < -0.3 is 15.4 Å². The second kappa shape index (κ2) is 7.24. The molecule has 0 radical (unpaired) electrons. The van der Waals surface area contributed by atoms with E-state index in [0.29, 0.717) is 29.9 Å². The van der Waals surface area contributed by atoms with Crippen LogP contribution < -0.4 is 10.6 Å². The van der Waals surface area contributed by atoms with Crippen molar-refractivity contribution in [3.63, 3.8) is 0 Å². The molecule has 0 aliphatic carbocycles. The number of anilines is 3. The molecule has 0 bridgehead atoms. The van der Waals surface area contributed by atoms with Crippen LogP contribution in [0.3, 0.4) is 0 Å². The number of rotatable bonds is 6. The first-order valence-corrected chi connectivity index (χ1v) is 7.07. The van der Waals surface area contributed by atoms with Crippen LogP contribution in [-0.2, 0) is 4.74 Å². The van der Waals surface area contributed by atoms with E-state index < -0.39 is 0 Å². The average Bonchev–Trinajstić information content (AvgIpc) is 2.44. The Labute approximate surface area is 129 Å². The minimum absolute atomic E-state index is 0.554. The Balaban J connectivity index is 2.15. The normalized spacial score (nSPS) is 10.5. The zero-order chi connectivity index (χ0) is 15.2. The summed E-state index contributed by atoms with van der Waals surface area (Å²) in [4.78, 5) is 8.56. The van der Waals surface area contributed by atoms with Crippen molar-refractivity contribution < 1.29 is 4.74 Å². The number of halogens is 1. The number of methoxy groups -OCH3 is 1. The first kappa shape index (κ1) is 15.5. The maximum Gasteiger partial charge on any atom is 0.224 e. The van der Waals surface area contributed by atoms with Gasteiger partial charge in [-0.05, 0) is 37.1 Å². The number of hydrogen-bond acceptors (Lipinski definition) is 5. The molecular weight excluding hydrogens is 288 g/mol. The Kier molecular flexibility index (Phi) is 5.36. The molecule has 0 amide bonds. The number of aromatic nitrogens is 2. The summed E-state index contributed by atoms with van der Waals surface area (Å²) in [6, 6.07) is 5.81. The molecule has 0 aliphatic rings. The number of ether oxygens (including phenoxy) is 1. The number of nitrogens with zero attached hydrogens (tertiary/aromatic N) is 2. The summed E-state index contributed by atoms with van der Waals surface area (Å²) in [7, 11) is 1.66. The summed E-state index contributed by atoms with van der Waals surface area (Å²) in [6.07, 6.45) is 1.70. The third kappa shape index (κ3) is 4.31. The molecule has 0 saturated heterocycles. The summed E-state index contributed by atoms with van der Waals surface area (Å²) in [5.41, 5.74) is 3.07. The van der Waals surface area contributed by atoms with Gasteiger partial charge in [0.15, 0.2) is 0 Å². The van der Waals surface area contributed by atoms with E-state index in [0.717, 1.165) is 16.8 Å². The van der Waals surface area contributed by atoms with E-state index in [9.17, 15) is 0 Å². The molecule has 0 aliphatic heterocycles. The molecule has 21 heavy (non-hydrogen) atoms. The lowest BCUT2D eigenvalue weighted by Gasteiger charge is -2.12. The van der Waals surface area contributed by atoms with Crippen LogP contribution in [0.25, 0.3) is 0 Å². The first-order valence-electron chi connectivity index (χ1n) is 6.70. The lowest BCUT2D eigenvalue weighted by molar-refractivity contribution is 0.210. The van der Waals surface area contributed by atoms with Crippen molar-refractivity contribution >= 4 is 29.1 Å². The highest BCUT2D eigenvalue weighted by molar-refractivity contribution is 6.33. The van der Waals surface area contributed by atoms with Crippen LogP contribution in [0.1, 0.15) is 11.1 Å². The van der Waals surface area contributed by atoms with Gasteiger partial charge in [0.25, 0.3) is 0 Å². The Bertz CT molecular complexity index is 595. The standard InChI is InChI=1S/C15H19ClN4O/c1-10-8-11(2)14(12(16)9-10)19-13-4-5-17-15(20-13)18-6-7-21-3/h4-5,8-9H,6-7H2,1-3H3,(H2,17,18,19,20). The van der Waals surface area contributed by atoms with E-state index in [1.54, 1.807) is 19.4 Å². The summed E-state index contributed by atoms with van der Waals surface area (Å²) in [5, 5.41) is 7.01. The third-order valence-corrected chi connectivity index (χ3v) is 3.23. The minimum Gasteiger partial charge on any atom is -0.383 e. The van der Waals surface area contributed by atoms with Gasteiger partial charge in [0.05, 0.1) is 17.3 Å². The van der Waals surface area contributed by atoms with Crippen LogP contribution in [0.4, 0.5) is 17.5 Å². The van der Waals surface area contributed by atoms with Gasteiger partial charge in [-0.2, -0.15) is 4.98 Å². The van der Waals surface area contributed by atoms with Crippen molar-refractivity contribution in [1.82, 2.24) is 9.97 Å². The lowest BCUT2D eigenvalue weighted by Crippen LogP contribution is -2.10. The van der Waals surface area contributed by atoms with E-state index in [1.165, 1.54) is 0 Å². The molecule has 5 nitrogen and oxygen atoms in total. The molecule has 6 heteroatoms. The Morgan fingerprint density at radius 2 is 2.10 bits per heavy atom. The van der Waals surface area contributed by atoms with E-state index in [2.05, 4.69) is 26.7 Å². The monoisotopic (exact) mass is 306 g/mol. The molecule has 0 spiro atoms. The summed E-state index contributed by atoms with van der Waals surface area (Å²) in [5.74, 6) is 1.25. The minimum atomic E-state index is 0.554. The van der Waals surface area contributed by atoms with Gasteiger partial charge in [-0.1, -0.05) is 17.7 Å². The Hall–Kier alpha value is -1.85. The molecular formula is C15H19ClN4O. The number of benzene rings is 1. The summed E-state index contributed by atoms with van der Waals surface area (Å²) < 4.78 is 4.98. The number of aryl methyl sites for hydroxylation is 2. The van der Waals surface area contributed by atoms with Crippen molar-refractivity contribution in [2.24, 2.45) is 0 Å². The second-order valence-electron chi connectivity index (χ2n) is 4.75. The van der Waals surface area contributed by atoms with E-state index in [-0.39, 0.29) is 0 Å². The molecule has 1 heterocycles. The smallest absolute Gasteiger partial charge is 0.224 e. The Morgan fingerprint density at radius 3 is 2.81 bits per heavy atom. The van der Waals surface area contributed by atoms with Crippen LogP contribution in [0.15, 0.2) is 24.4 Å². The number of nitrogens with one attached hydrogen (secondary N) is 2. The SMILES string of the molecule is COCCNc1nccc(Nc2c(C)cc(C)cc2Cl)n1. The molecule has 1 aromatic carbocycles. The molecule has 0 atom stereocenters. The molecule has 0 unspecified atom stereocenters. The molecule has 2 N–H and O–H groups in total. The quantitative estimate of drug-likeness (QED) is 0.799. The maximum absolute atomic E-state index is 6.29. The summed E-state index contributed by atoms with van der Waals surface area (Å²) >= 11 is 6.29. The van der Waals surface area contributed by atoms with E-state index in [1.807, 2.05) is 19.9 Å². The van der Waals surface area contributed by atoms with Crippen LogP contribution in [0.2, 0.25) is 5.02 Å². The average molecular weight is 307 g/mol. The highest BCUT2D eigenvalue weighted by Gasteiger charge is 2.07. The largest absolute Gasteiger partial charge is 0.383 e. The maximum atomic E-state index is 6.29. The van der Waals surface area contributed by atoms with E-state index in [4.69, 9.17) is 16.3 Å². The van der Waals surface area contributed by atoms with Crippen molar-refractivity contribution in [1.29, 1.82) is 0 Å². The zero-order valence-corrected chi connectivity index (χ0v) is 13.2. The van der Waals surface area contributed by atoms with E-state index >= 15 is 0 Å². The van der Waals surface area contributed by atoms with Gasteiger partial charge >= 0.3 is 0 Å². The second-order valence-corrected chi connectivity index (χ2v) is 5.16. The van der Waals surface area contributed by atoms with Crippen LogP contribution >= 0.6 is 11.6 Å². The highest BCUT2D eigenvalue weighted by atomic mass is 35.5. The fourth-order valence-electron chi connectivity index (χ4n) is 1.98. The Morgan fingerprint density at radius 1 is 1.29 bits per heavy atom. The van der Waals surface area contributed by atoms with Gasteiger partial charge in [-0.25, -0.2) is 4.98 Å². The van der Waals surface area contributed by atoms with Crippen molar-refractivity contribution in [2.75, 3.05) is 30.9 Å². The molecule has 2 rings (SSSR count). The molecule has 2 aromatic rings. The van der Waals surface area contributed by atoms with Gasteiger partial charge in [-0.15, -0.1) is 0 Å². The van der Waals surface area contributed by atoms with Crippen LogP contribution in [0, 0.1) is 13.8 Å². The third-order valence-electron chi connectivity index (χ3n) is 2.93. The molecule has 0 saturated carbocycles. The summed E-state index contributed by atoms with van der Waals surface area (Å²) in [6.45, 7) is 5.29. The predicted octanol–water partition coefficient (Wildman–Crippen LogP) is 3.55. The molecule has 1 aromatic heterocycles. The van der Waals surface area contributed by atoms with Gasteiger partial charge in [0.2, 0.25) is 5.95 Å². The molecule has 112 valence electrons.